The lowest BCUT2D eigenvalue weighted by atomic mass is 9.73. The van der Waals surface area contributed by atoms with Crippen LogP contribution in [0.25, 0.3) is 0 Å². The SMILES string of the molecule is O=C(O)c1cccc(Br)c1N1CC2(CCOCC2)C1. The molecular weight excluding hydrogens is 310 g/mol. The van der Waals surface area contributed by atoms with E-state index in [-0.39, 0.29) is 0 Å². The van der Waals surface area contributed by atoms with Crippen LogP contribution >= 0.6 is 15.9 Å². The van der Waals surface area contributed by atoms with Crippen molar-refractivity contribution in [2.24, 2.45) is 5.41 Å². The van der Waals surface area contributed by atoms with E-state index in [1.54, 1.807) is 12.1 Å². The highest BCUT2D eigenvalue weighted by atomic mass is 79.9. The molecule has 1 aromatic rings. The molecule has 0 unspecified atom stereocenters. The van der Waals surface area contributed by atoms with E-state index in [0.29, 0.717) is 11.0 Å². The van der Waals surface area contributed by atoms with Gasteiger partial charge in [-0.1, -0.05) is 6.07 Å². The highest BCUT2D eigenvalue weighted by molar-refractivity contribution is 9.10. The Bertz CT molecular complexity index is 503. The zero-order chi connectivity index (χ0) is 13.5. The molecule has 19 heavy (non-hydrogen) atoms. The summed E-state index contributed by atoms with van der Waals surface area (Å²) < 4.78 is 6.26. The number of para-hydroxylation sites is 1. The van der Waals surface area contributed by atoms with Crippen molar-refractivity contribution in [1.82, 2.24) is 0 Å². The number of aromatic carboxylic acids is 1. The van der Waals surface area contributed by atoms with Crippen LogP contribution in [0, 0.1) is 5.41 Å². The smallest absolute Gasteiger partial charge is 0.337 e. The molecule has 2 aliphatic heterocycles. The second-order valence-electron chi connectivity index (χ2n) is 5.41. The Kier molecular flexibility index (Phi) is 3.27. The van der Waals surface area contributed by atoms with E-state index in [9.17, 15) is 9.90 Å². The lowest BCUT2D eigenvalue weighted by molar-refractivity contribution is -0.000341. The summed E-state index contributed by atoms with van der Waals surface area (Å²) in [7, 11) is 0. The first-order valence-electron chi connectivity index (χ1n) is 6.46. The Hall–Kier alpha value is -1.07. The molecule has 2 fully saturated rings. The van der Waals surface area contributed by atoms with Crippen LogP contribution in [0.2, 0.25) is 0 Å². The monoisotopic (exact) mass is 325 g/mol. The summed E-state index contributed by atoms with van der Waals surface area (Å²) in [4.78, 5) is 13.5. The highest BCUT2D eigenvalue weighted by Crippen LogP contribution is 2.45. The second-order valence-corrected chi connectivity index (χ2v) is 6.26. The molecule has 0 amide bonds. The Morgan fingerprint density at radius 1 is 1.32 bits per heavy atom. The van der Waals surface area contributed by atoms with Gasteiger partial charge in [0.25, 0.3) is 0 Å². The number of hydrogen-bond donors (Lipinski definition) is 1. The molecular formula is C14H16BrNO3. The van der Waals surface area contributed by atoms with Gasteiger partial charge in [-0.2, -0.15) is 0 Å². The first-order chi connectivity index (χ1) is 9.11. The van der Waals surface area contributed by atoms with E-state index in [0.717, 1.165) is 49.3 Å². The number of hydrogen-bond acceptors (Lipinski definition) is 3. The van der Waals surface area contributed by atoms with Crippen molar-refractivity contribution >= 4 is 27.6 Å². The Morgan fingerprint density at radius 3 is 2.63 bits per heavy atom. The molecule has 0 radical (unpaired) electrons. The average molecular weight is 326 g/mol. The Labute approximate surface area is 120 Å². The molecule has 1 aromatic carbocycles. The van der Waals surface area contributed by atoms with Crippen molar-refractivity contribution in [3.8, 4) is 0 Å². The summed E-state index contributed by atoms with van der Waals surface area (Å²) in [6.45, 7) is 3.52. The highest BCUT2D eigenvalue weighted by Gasteiger charge is 2.45. The zero-order valence-corrected chi connectivity index (χ0v) is 12.1. The number of nitrogens with zero attached hydrogens (tertiary/aromatic N) is 1. The summed E-state index contributed by atoms with van der Waals surface area (Å²) in [5.74, 6) is -0.871. The first kappa shape index (κ1) is 12.9. The quantitative estimate of drug-likeness (QED) is 0.908. The maximum Gasteiger partial charge on any atom is 0.337 e. The molecule has 2 saturated heterocycles. The molecule has 0 aromatic heterocycles. The number of ether oxygens (including phenoxy) is 1. The lowest BCUT2D eigenvalue weighted by Gasteiger charge is -2.53. The van der Waals surface area contributed by atoms with Gasteiger partial charge in [-0.05, 0) is 40.9 Å². The molecule has 4 nitrogen and oxygen atoms in total. The van der Waals surface area contributed by atoms with Crippen molar-refractivity contribution in [2.45, 2.75) is 12.8 Å². The molecule has 3 rings (SSSR count). The molecule has 2 heterocycles. The third kappa shape index (κ3) is 2.25. The van der Waals surface area contributed by atoms with Gasteiger partial charge in [0, 0.05) is 36.2 Å². The second kappa shape index (κ2) is 4.80. The molecule has 102 valence electrons. The maximum absolute atomic E-state index is 11.3. The van der Waals surface area contributed by atoms with Gasteiger partial charge in [0.15, 0.2) is 0 Å². The van der Waals surface area contributed by atoms with E-state index in [1.165, 1.54) is 0 Å². The number of benzene rings is 1. The van der Waals surface area contributed by atoms with Gasteiger partial charge >= 0.3 is 5.97 Å². The molecule has 0 atom stereocenters. The van der Waals surface area contributed by atoms with Crippen LogP contribution in [0.3, 0.4) is 0 Å². The lowest BCUT2D eigenvalue weighted by Crippen LogP contribution is -2.59. The summed E-state index contributed by atoms with van der Waals surface area (Å²) in [5, 5.41) is 9.29. The normalized spacial score (nSPS) is 21.2. The number of anilines is 1. The summed E-state index contributed by atoms with van der Waals surface area (Å²) in [6, 6.07) is 5.33. The van der Waals surface area contributed by atoms with Gasteiger partial charge in [-0.3, -0.25) is 0 Å². The fourth-order valence-corrected chi connectivity index (χ4v) is 3.67. The predicted molar refractivity (Wildman–Crippen MR) is 75.8 cm³/mol. The number of halogens is 1. The van der Waals surface area contributed by atoms with Crippen molar-refractivity contribution in [1.29, 1.82) is 0 Å². The van der Waals surface area contributed by atoms with Gasteiger partial charge in [-0.15, -0.1) is 0 Å². The van der Waals surface area contributed by atoms with Crippen molar-refractivity contribution in [3.05, 3.63) is 28.2 Å². The van der Waals surface area contributed by atoms with Gasteiger partial charge in [-0.25, -0.2) is 4.79 Å². The van der Waals surface area contributed by atoms with Gasteiger partial charge in [0.1, 0.15) is 0 Å². The Morgan fingerprint density at radius 2 is 2.00 bits per heavy atom. The van der Waals surface area contributed by atoms with E-state index >= 15 is 0 Å². The van der Waals surface area contributed by atoms with E-state index in [4.69, 9.17) is 4.74 Å². The standard InChI is InChI=1S/C14H16BrNO3/c15-11-3-1-2-10(13(17)18)12(11)16-8-14(9-16)4-6-19-7-5-14/h1-3H,4-9H2,(H,17,18). The third-order valence-corrected chi connectivity index (χ3v) is 4.78. The van der Waals surface area contributed by atoms with Gasteiger partial charge in [0.05, 0.1) is 11.3 Å². The van der Waals surface area contributed by atoms with Gasteiger partial charge < -0.3 is 14.7 Å². The number of rotatable bonds is 2. The van der Waals surface area contributed by atoms with Crippen LogP contribution in [-0.4, -0.2) is 37.4 Å². The van der Waals surface area contributed by atoms with Crippen LogP contribution in [0.5, 0.6) is 0 Å². The molecule has 1 N–H and O–H groups in total. The van der Waals surface area contributed by atoms with Crippen molar-refractivity contribution in [2.75, 3.05) is 31.2 Å². The molecule has 1 spiro atoms. The number of carboxylic acid groups (broad SMARTS) is 1. The fourth-order valence-electron chi connectivity index (χ4n) is 3.05. The molecule has 2 aliphatic rings. The number of carbonyl (C=O) groups is 1. The van der Waals surface area contributed by atoms with Crippen LogP contribution < -0.4 is 4.90 Å². The van der Waals surface area contributed by atoms with Crippen LogP contribution in [0.4, 0.5) is 5.69 Å². The molecule has 5 heteroatoms. The Balaban J connectivity index is 1.83. The maximum atomic E-state index is 11.3. The number of carboxylic acids is 1. The van der Waals surface area contributed by atoms with E-state index in [2.05, 4.69) is 20.8 Å². The minimum Gasteiger partial charge on any atom is -0.478 e. The summed E-state index contributed by atoms with van der Waals surface area (Å²) in [6.07, 6.45) is 2.16. The predicted octanol–water partition coefficient (Wildman–Crippen LogP) is 2.76. The first-order valence-corrected chi connectivity index (χ1v) is 7.25. The van der Waals surface area contributed by atoms with E-state index in [1.807, 2.05) is 6.07 Å². The van der Waals surface area contributed by atoms with Gasteiger partial charge in [0.2, 0.25) is 0 Å². The van der Waals surface area contributed by atoms with Crippen LogP contribution in [0.1, 0.15) is 23.2 Å². The largest absolute Gasteiger partial charge is 0.478 e. The summed E-state index contributed by atoms with van der Waals surface area (Å²) >= 11 is 3.47. The van der Waals surface area contributed by atoms with Crippen LogP contribution in [-0.2, 0) is 4.74 Å². The average Bonchev–Trinajstić information content (AvgIpc) is 2.36. The molecule has 0 bridgehead atoms. The topological polar surface area (TPSA) is 49.8 Å². The molecule has 0 saturated carbocycles. The fraction of sp³-hybridized carbons (Fsp3) is 0.500. The minimum absolute atomic E-state index is 0.337. The van der Waals surface area contributed by atoms with E-state index < -0.39 is 5.97 Å². The third-order valence-electron chi connectivity index (χ3n) is 4.14. The minimum atomic E-state index is -0.871. The van der Waals surface area contributed by atoms with Crippen molar-refractivity contribution < 1.29 is 14.6 Å². The molecule has 0 aliphatic carbocycles. The zero-order valence-electron chi connectivity index (χ0n) is 10.6. The summed E-state index contributed by atoms with van der Waals surface area (Å²) in [5.41, 5.74) is 1.52. The van der Waals surface area contributed by atoms with Crippen LogP contribution in [0.15, 0.2) is 22.7 Å². The van der Waals surface area contributed by atoms with Crippen molar-refractivity contribution in [3.63, 3.8) is 0 Å².